The number of rotatable bonds is 54. The maximum atomic E-state index is 10.6. The molecule has 0 spiro atoms. The molecule has 0 rings (SSSR count). The Morgan fingerprint density at radius 1 is 0.250 bits per heavy atom. The predicted molar refractivity (Wildman–Crippen MR) is 319 cm³/mol. The molecule has 0 aliphatic heterocycles. The number of carbonyl (C=O) groups is 4. The van der Waals surface area contributed by atoms with Crippen molar-refractivity contribution in [1.29, 1.82) is 0 Å². The van der Waals surface area contributed by atoms with Crippen LogP contribution in [0, 0.1) is 0 Å². The molecule has 0 aliphatic rings. The highest BCUT2D eigenvalue weighted by Gasteiger charge is 2.11. The van der Waals surface area contributed by atoms with Crippen molar-refractivity contribution in [1.82, 2.24) is 0 Å². The number of hydrogen-bond acceptors (Lipinski definition) is 6. The topological polar surface area (TPSA) is 149 Å². The highest BCUT2D eigenvalue weighted by Crippen LogP contribution is 2.17. The van der Waals surface area contributed by atoms with Crippen molar-refractivity contribution in [3.8, 4) is 0 Å². The monoisotopic (exact) mass is 1060 g/mol. The molecule has 0 aliphatic carbocycles. The highest BCUT2D eigenvalue weighted by atomic mass is 32.1. The van der Waals surface area contributed by atoms with E-state index in [0.717, 1.165) is 51.4 Å². The second-order valence-corrected chi connectivity index (χ2v) is 22.4. The summed E-state index contributed by atoms with van der Waals surface area (Å²) in [5, 5.41) is 33.4. The van der Waals surface area contributed by atoms with E-state index >= 15 is 0 Å². The summed E-state index contributed by atoms with van der Waals surface area (Å²) in [5.74, 6) is -2.88. The maximum Gasteiger partial charge on any atom is 0.316 e. The van der Waals surface area contributed by atoms with Crippen LogP contribution in [0.25, 0.3) is 0 Å². The lowest BCUT2D eigenvalue weighted by Gasteiger charge is -2.05. The second-order valence-electron chi connectivity index (χ2n) is 21.1. The maximum absolute atomic E-state index is 10.6. The van der Waals surface area contributed by atoms with Crippen molar-refractivity contribution in [2.45, 2.75) is 372 Å². The zero-order valence-corrected chi connectivity index (χ0v) is 50.0. The molecule has 0 radical (unpaired) electrons. The lowest BCUT2D eigenvalue weighted by Crippen LogP contribution is -2.12. The Hall–Kier alpha value is -1.42. The Morgan fingerprint density at radius 3 is 0.528 bits per heavy atom. The zero-order chi connectivity index (χ0) is 54.2. The standard InChI is InChI=1S/2C17H34O2S.2C14H28O2/c2*1-2-3-4-5-6-7-8-9-10-11-12-13-14-15-16(20)17(18)19;2*1-2-3-4-5-6-7-8-9-10-11-12-13-14(15)16/h2*16,20H,2-15H2,1H3,(H,18,19);2*2-13H2,1H3,(H,15,16). The second kappa shape index (κ2) is 69.6. The molecule has 0 aromatic rings. The fourth-order valence-corrected chi connectivity index (χ4v) is 9.20. The molecule has 0 saturated carbocycles. The molecule has 2 unspecified atom stereocenters. The molecule has 4 N–H and O–H groups in total. The first kappa shape index (κ1) is 77.1. The molecule has 432 valence electrons. The first-order valence-electron chi connectivity index (χ1n) is 31.2. The third kappa shape index (κ3) is 80.0. The van der Waals surface area contributed by atoms with Crippen LogP contribution in [0.4, 0.5) is 0 Å². The average molecular weight is 1060 g/mol. The summed E-state index contributed by atoms with van der Waals surface area (Å²) < 4.78 is 0. The van der Waals surface area contributed by atoms with Gasteiger partial charge in [-0.1, -0.05) is 323 Å². The van der Waals surface area contributed by atoms with Gasteiger partial charge in [0.05, 0.1) is 10.5 Å². The highest BCUT2D eigenvalue weighted by molar-refractivity contribution is 7.82. The summed E-state index contributed by atoms with van der Waals surface area (Å²) >= 11 is 8.08. The van der Waals surface area contributed by atoms with Crippen LogP contribution in [0.2, 0.25) is 0 Å². The Balaban J connectivity index is -0.000000431. The normalized spacial score (nSPS) is 11.6. The summed E-state index contributed by atoms with van der Waals surface area (Å²) in [6.45, 7) is 9.02. The fourth-order valence-electron chi connectivity index (χ4n) is 8.84. The van der Waals surface area contributed by atoms with E-state index in [9.17, 15) is 19.2 Å². The Labute approximate surface area is 458 Å². The van der Waals surface area contributed by atoms with Gasteiger partial charge in [-0.25, -0.2) is 0 Å². The number of unbranched alkanes of at least 4 members (excludes halogenated alkanes) is 44. The molecule has 0 aromatic heterocycles. The van der Waals surface area contributed by atoms with Gasteiger partial charge in [-0.2, -0.15) is 25.3 Å². The van der Waals surface area contributed by atoms with Crippen LogP contribution in [0.3, 0.4) is 0 Å². The van der Waals surface area contributed by atoms with Crippen LogP contribution >= 0.6 is 25.3 Å². The molecule has 2 atom stereocenters. The minimum Gasteiger partial charge on any atom is -0.481 e. The van der Waals surface area contributed by atoms with Crippen molar-refractivity contribution in [3.63, 3.8) is 0 Å². The predicted octanol–water partition coefficient (Wildman–Crippen LogP) is 21.2. The van der Waals surface area contributed by atoms with E-state index in [1.165, 1.54) is 257 Å². The zero-order valence-electron chi connectivity index (χ0n) is 48.2. The fraction of sp³-hybridized carbons (Fsp3) is 0.935. The number of carboxylic acid groups (broad SMARTS) is 4. The molecular formula is C62H124O8S2. The number of carboxylic acids is 4. The average Bonchev–Trinajstić information content (AvgIpc) is 3.35. The van der Waals surface area contributed by atoms with Gasteiger partial charge in [0, 0.05) is 12.8 Å². The van der Waals surface area contributed by atoms with E-state index in [2.05, 4.69) is 53.0 Å². The van der Waals surface area contributed by atoms with Crippen LogP contribution in [0.15, 0.2) is 0 Å². The van der Waals surface area contributed by atoms with Crippen molar-refractivity contribution in [2.24, 2.45) is 0 Å². The molecule has 0 aromatic carbocycles. The summed E-state index contributed by atoms with van der Waals surface area (Å²) in [5.41, 5.74) is 0. The summed E-state index contributed by atoms with van der Waals surface area (Å²) in [4.78, 5) is 41.7. The molecule has 0 fully saturated rings. The number of hydrogen-bond donors (Lipinski definition) is 6. The third-order valence-electron chi connectivity index (χ3n) is 13.7. The smallest absolute Gasteiger partial charge is 0.316 e. The van der Waals surface area contributed by atoms with Gasteiger partial charge in [0.1, 0.15) is 0 Å². The molecular weight excluding hydrogens is 937 g/mol. The first-order valence-corrected chi connectivity index (χ1v) is 32.2. The summed E-state index contributed by atoms with van der Waals surface area (Å²) in [7, 11) is 0. The van der Waals surface area contributed by atoms with E-state index < -0.39 is 34.4 Å². The van der Waals surface area contributed by atoms with Gasteiger partial charge in [-0.15, -0.1) is 0 Å². The minimum absolute atomic E-state index is 0.344. The van der Waals surface area contributed by atoms with Crippen LogP contribution < -0.4 is 0 Å². The molecule has 0 amide bonds. The van der Waals surface area contributed by atoms with Crippen molar-refractivity contribution < 1.29 is 39.6 Å². The lowest BCUT2D eigenvalue weighted by atomic mass is 10.0. The van der Waals surface area contributed by atoms with E-state index in [1.54, 1.807) is 0 Å². The molecule has 72 heavy (non-hydrogen) atoms. The summed E-state index contributed by atoms with van der Waals surface area (Å²) in [6, 6.07) is 0. The Kier molecular flexibility index (Phi) is 74.5. The van der Waals surface area contributed by atoms with Crippen molar-refractivity contribution in [3.05, 3.63) is 0 Å². The van der Waals surface area contributed by atoms with Gasteiger partial charge < -0.3 is 20.4 Å². The van der Waals surface area contributed by atoms with Crippen molar-refractivity contribution >= 4 is 49.1 Å². The number of thiol groups is 2. The van der Waals surface area contributed by atoms with Crippen LogP contribution in [0.5, 0.6) is 0 Å². The van der Waals surface area contributed by atoms with E-state index in [4.69, 9.17) is 20.4 Å². The molecule has 10 heteroatoms. The molecule has 0 bridgehead atoms. The van der Waals surface area contributed by atoms with Crippen LogP contribution in [-0.4, -0.2) is 54.8 Å². The van der Waals surface area contributed by atoms with Crippen LogP contribution in [0.1, 0.15) is 362 Å². The first-order chi connectivity index (χ1) is 34.9. The summed E-state index contributed by atoms with van der Waals surface area (Å²) in [6.07, 6.45) is 64.5. The van der Waals surface area contributed by atoms with Gasteiger partial charge in [-0.05, 0) is 25.7 Å². The van der Waals surface area contributed by atoms with Gasteiger partial charge >= 0.3 is 23.9 Å². The Morgan fingerprint density at radius 2 is 0.389 bits per heavy atom. The molecule has 0 saturated heterocycles. The van der Waals surface area contributed by atoms with Gasteiger partial charge in [0.25, 0.3) is 0 Å². The van der Waals surface area contributed by atoms with Crippen molar-refractivity contribution in [2.75, 3.05) is 0 Å². The van der Waals surface area contributed by atoms with Gasteiger partial charge in [-0.3, -0.25) is 19.2 Å². The van der Waals surface area contributed by atoms with E-state index in [1.807, 2.05) is 0 Å². The Bertz CT molecular complexity index is 994. The van der Waals surface area contributed by atoms with E-state index in [0.29, 0.717) is 25.7 Å². The van der Waals surface area contributed by atoms with Crippen LogP contribution in [-0.2, 0) is 19.2 Å². The van der Waals surface area contributed by atoms with Gasteiger partial charge in [0.15, 0.2) is 0 Å². The quantitative estimate of drug-likeness (QED) is 0.0261. The largest absolute Gasteiger partial charge is 0.481 e. The van der Waals surface area contributed by atoms with E-state index in [-0.39, 0.29) is 0 Å². The third-order valence-corrected chi connectivity index (χ3v) is 14.7. The van der Waals surface area contributed by atoms with Gasteiger partial charge in [0.2, 0.25) is 0 Å². The SMILES string of the molecule is CCCCCCCCCCCCCC(=O)O.CCCCCCCCCCCCCC(=O)O.CCCCCCCCCCCCCCCC(S)C(=O)O.CCCCCCCCCCCCCCCC(S)C(=O)O. The molecule has 0 heterocycles. The lowest BCUT2D eigenvalue weighted by molar-refractivity contribution is -0.138. The molecule has 8 nitrogen and oxygen atoms in total. The number of aliphatic carboxylic acids is 4. The minimum atomic E-state index is -0.785.